The molecule has 3 N–H and O–H groups in total. The first-order chi connectivity index (χ1) is 5.63. The highest BCUT2D eigenvalue weighted by Gasteiger charge is 2.04. The Hall–Kier alpha value is -0.580. The van der Waals surface area contributed by atoms with Gasteiger partial charge >= 0.3 is 0 Å². The fraction of sp³-hybridized carbons (Fsp3) is 0. The van der Waals surface area contributed by atoms with Gasteiger partial charge in [0.05, 0.1) is 0 Å². The van der Waals surface area contributed by atoms with Crippen molar-refractivity contribution in [1.82, 2.24) is 5.43 Å². The lowest BCUT2D eigenvalue weighted by atomic mass is 10.2. The van der Waals surface area contributed by atoms with E-state index in [0.29, 0.717) is 10.6 Å². The maximum atomic E-state index is 11.0. The zero-order valence-corrected chi connectivity index (χ0v) is 8.32. The molecule has 1 aromatic rings. The van der Waals surface area contributed by atoms with Gasteiger partial charge in [-0.05, 0) is 18.2 Å². The number of nitrogens with one attached hydrogen (secondary N) is 1. The SMILES string of the molecule is NNC(=O)c1cc(Cl)cc(Br)c1. The van der Waals surface area contributed by atoms with Crippen LogP contribution in [0.1, 0.15) is 10.4 Å². The molecule has 0 saturated heterocycles. The fourth-order valence-corrected chi connectivity index (χ4v) is 1.63. The highest BCUT2D eigenvalue weighted by atomic mass is 79.9. The topological polar surface area (TPSA) is 55.1 Å². The number of halogens is 2. The smallest absolute Gasteiger partial charge is 0.265 e. The highest BCUT2D eigenvalue weighted by Crippen LogP contribution is 2.19. The number of amides is 1. The number of hydrazine groups is 1. The maximum Gasteiger partial charge on any atom is 0.265 e. The molecule has 0 bridgehead atoms. The molecule has 0 spiro atoms. The summed E-state index contributed by atoms with van der Waals surface area (Å²) in [6.45, 7) is 0. The standard InChI is InChI=1S/C7H6BrClN2O/c8-5-1-4(7(12)11-10)2-6(9)3-5/h1-3H,10H2,(H,11,12). The zero-order chi connectivity index (χ0) is 9.14. The lowest BCUT2D eigenvalue weighted by molar-refractivity contribution is 0.0953. The molecule has 0 atom stereocenters. The van der Waals surface area contributed by atoms with E-state index in [2.05, 4.69) is 15.9 Å². The van der Waals surface area contributed by atoms with Crippen molar-refractivity contribution in [3.63, 3.8) is 0 Å². The number of hydrogen-bond donors (Lipinski definition) is 2. The third-order valence-electron chi connectivity index (χ3n) is 1.26. The minimum atomic E-state index is -0.363. The molecule has 0 unspecified atom stereocenters. The van der Waals surface area contributed by atoms with Gasteiger partial charge in [0.15, 0.2) is 0 Å². The number of nitrogen functional groups attached to an aromatic ring is 1. The molecule has 64 valence electrons. The molecule has 1 amide bonds. The van der Waals surface area contributed by atoms with Crippen molar-refractivity contribution >= 4 is 33.4 Å². The van der Waals surface area contributed by atoms with Crippen molar-refractivity contribution in [3.05, 3.63) is 33.3 Å². The van der Waals surface area contributed by atoms with E-state index in [0.717, 1.165) is 4.47 Å². The van der Waals surface area contributed by atoms with E-state index in [1.807, 2.05) is 5.43 Å². The summed E-state index contributed by atoms with van der Waals surface area (Å²) >= 11 is 8.91. The summed E-state index contributed by atoms with van der Waals surface area (Å²) in [5, 5.41) is 0.489. The summed E-state index contributed by atoms with van der Waals surface area (Å²) in [5.74, 6) is 4.58. The van der Waals surface area contributed by atoms with Crippen LogP contribution in [0.3, 0.4) is 0 Å². The van der Waals surface area contributed by atoms with Crippen molar-refractivity contribution in [1.29, 1.82) is 0 Å². The second kappa shape index (κ2) is 3.89. The molecule has 0 fully saturated rings. The van der Waals surface area contributed by atoms with Crippen molar-refractivity contribution in [3.8, 4) is 0 Å². The third kappa shape index (κ3) is 2.20. The average Bonchev–Trinajstić information content (AvgIpc) is 2.01. The van der Waals surface area contributed by atoms with Crippen LogP contribution in [-0.4, -0.2) is 5.91 Å². The van der Waals surface area contributed by atoms with Crippen LogP contribution in [0.25, 0.3) is 0 Å². The summed E-state index contributed by atoms with van der Waals surface area (Å²) in [4.78, 5) is 11.0. The lowest BCUT2D eigenvalue weighted by Crippen LogP contribution is -2.29. The quantitative estimate of drug-likeness (QED) is 0.452. The van der Waals surface area contributed by atoms with Crippen molar-refractivity contribution in [2.24, 2.45) is 5.84 Å². The number of hydrogen-bond acceptors (Lipinski definition) is 2. The molecule has 12 heavy (non-hydrogen) atoms. The molecular weight excluding hydrogens is 243 g/mol. The van der Waals surface area contributed by atoms with Gasteiger partial charge in [0.25, 0.3) is 5.91 Å². The molecule has 1 rings (SSSR count). The van der Waals surface area contributed by atoms with Gasteiger partial charge in [0, 0.05) is 15.1 Å². The summed E-state index contributed by atoms with van der Waals surface area (Å²) in [5.41, 5.74) is 2.44. The number of benzene rings is 1. The van der Waals surface area contributed by atoms with Crippen LogP contribution in [-0.2, 0) is 0 Å². The minimum absolute atomic E-state index is 0.363. The highest BCUT2D eigenvalue weighted by molar-refractivity contribution is 9.10. The monoisotopic (exact) mass is 248 g/mol. The number of nitrogens with two attached hydrogens (primary N) is 1. The van der Waals surface area contributed by atoms with Crippen LogP contribution >= 0.6 is 27.5 Å². The van der Waals surface area contributed by atoms with Crippen LogP contribution in [0.2, 0.25) is 5.02 Å². The first kappa shape index (κ1) is 9.51. The minimum Gasteiger partial charge on any atom is -0.290 e. The van der Waals surface area contributed by atoms with E-state index in [1.54, 1.807) is 12.1 Å². The van der Waals surface area contributed by atoms with Gasteiger partial charge < -0.3 is 0 Å². The number of rotatable bonds is 1. The zero-order valence-electron chi connectivity index (χ0n) is 5.97. The van der Waals surface area contributed by atoms with Gasteiger partial charge in [-0.3, -0.25) is 10.2 Å². The van der Waals surface area contributed by atoms with Gasteiger partial charge in [-0.2, -0.15) is 0 Å². The molecule has 0 aliphatic rings. The van der Waals surface area contributed by atoms with Gasteiger partial charge in [-0.1, -0.05) is 27.5 Å². The summed E-state index contributed by atoms with van der Waals surface area (Å²) in [6.07, 6.45) is 0. The molecule has 5 heteroatoms. The lowest BCUT2D eigenvalue weighted by Gasteiger charge is -2.00. The Bertz CT molecular complexity index is 296. The van der Waals surface area contributed by atoms with Crippen LogP contribution in [0.4, 0.5) is 0 Å². The number of carbonyl (C=O) groups is 1. The Morgan fingerprint density at radius 2 is 2.17 bits per heavy atom. The summed E-state index contributed by atoms with van der Waals surface area (Å²) in [6, 6.07) is 4.86. The summed E-state index contributed by atoms with van der Waals surface area (Å²) in [7, 11) is 0. The molecule has 0 aliphatic heterocycles. The second-order valence-electron chi connectivity index (χ2n) is 2.13. The Balaban J connectivity index is 3.08. The maximum absolute atomic E-state index is 11.0. The number of carbonyl (C=O) groups excluding carboxylic acids is 1. The molecule has 1 aromatic carbocycles. The molecule has 3 nitrogen and oxygen atoms in total. The van der Waals surface area contributed by atoms with Crippen molar-refractivity contribution in [2.75, 3.05) is 0 Å². The van der Waals surface area contributed by atoms with E-state index >= 15 is 0 Å². The van der Waals surface area contributed by atoms with Crippen LogP contribution < -0.4 is 11.3 Å². The van der Waals surface area contributed by atoms with Crippen LogP contribution in [0.5, 0.6) is 0 Å². The normalized spacial score (nSPS) is 9.58. The Kier molecular flexibility index (Phi) is 3.08. The predicted molar refractivity (Wildman–Crippen MR) is 50.8 cm³/mol. The van der Waals surface area contributed by atoms with E-state index in [-0.39, 0.29) is 5.91 Å². The van der Waals surface area contributed by atoms with E-state index < -0.39 is 0 Å². The molecule has 0 aliphatic carbocycles. The predicted octanol–water partition coefficient (Wildman–Crippen LogP) is 1.71. The van der Waals surface area contributed by atoms with E-state index in [4.69, 9.17) is 17.4 Å². The van der Waals surface area contributed by atoms with Crippen LogP contribution in [0, 0.1) is 0 Å². The van der Waals surface area contributed by atoms with E-state index in [1.165, 1.54) is 6.07 Å². The van der Waals surface area contributed by atoms with E-state index in [9.17, 15) is 4.79 Å². The van der Waals surface area contributed by atoms with Gasteiger partial charge in [0.2, 0.25) is 0 Å². The van der Waals surface area contributed by atoms with Gasteiger partial charge in [-0.15, -0.1) is 0 Å². The first-order valence-electron chi connectivity index (χ1n) is 3.10. The Morgan fingerprint density at radius 3 is 2.67 bits per heavy atom. The Labute approximate surface area is 83.0 Å². The largest absolute Gasteiger partial charge is 0.290 e. The molecular formula is C7H6BrClN2O. The average molecular weight is 249 g/mol. The van der Waals surface area contributed by atoms with Crippen molar-refractivity contribution < 1.29 is 4.79 Å². The molecule has 0 aromatic heterocycles. The van der Waals surface area contributed by atoms with Gasteiger partial charge in [-0.25, -0.2) is 5.84 Å². The van der Waals surface area contributed by atoms with Gasteiger partial charge in [0.1, 0.15) is 0 Å². The van der Waals surface area contributed by atoms with Crippen LogP contribution in [0.15, 0.2) is 22.7 Å². The third-order valence-corrected chi connectivity index (χ3v) is 1.93. The first-order valence-corrected chi connectivity index (χ1v) is 4.27. The summed E-state index contributed by atoms with van der Waals surface area (Å²) < 4.78 is 0.744. The fourth-order valence-electron chi connectivity index (χ4n) is 0.768. The molecule has 0 radical (unpaired) electrons. The molecule has 0 saturated carbocycles. The van der Waals surface area contributed by atoms with Crippen molar-refractivity contribution in [2.45, 2.75) is 0 Å². The Morgan fingerprint density at radius 1 is 1.50 bits per heavy atom. The second-order valence-corrected chi connectivity index (χ2v) is 3.48. The molecule has 0 heterocycles.